The third-order valence-electron chi connectivity index (χ3n) is 21.7. The second kappa shape index (κ2) is 14.7. The Kier molecular flexibility index (Phi) is 8.13. The zero-order chi connectivity index (χ0) is 54.0. The second-order valence-electron chi connectivity index (χ2n) is 26.5. The highest BCUT2D eigenvalue weighted by Crippen LogP contribution is 2.64. The van der Waals surface area contributed by atoms with E-state index < -0.39 is 0 Å². The average molecular weight is 1040 g/mol. The Morgan fingerprint density at radius 3 is 1.53 bits per heavy atom. The lowest BCUT2D eigenvalue weighted by Crippen LogP contribution is -2.29. The molecule has 14 aromatic rings. The molecular weight excluding hydrogens is 981 g/mol. The topological polar surface area (TPSA) is 37.0 Å². The van der Waals surface area contributed by atoms with Crippen molar-refractivity contribution >= 4 is 92.6 Å². The molecule has 0 N–H and O–H groups in total. The minimum absolute atomic E-state index is 0.00232. The minimum Gasteiger partial charge on any atom is -0.309 e. The fourth-order valence-corrected chi connectivity index (χ4v) is 18.3. The van der Waals surface area contributed by atoms with Gasteiger partial charge in [-0.2, -0.15) is 5.26 Å². The first-order valence-electron chi connectivity index (χ1n) is 29.6. The van der Waals surface area contributed by atoms with E-state index in [1.54, 1.807) is 0 Å². The number of nitriles is 1. The Balaban J connectivity index is 1.01. The smallest absolute Gasteiger partial charge is 0.196 e. The monoisotopic (exact) mass is 1040 g/mol. The van der Waals surface area contributed by atoms with E-state index in [0.717, 1.165) is 44.4 Å². The molecular formula is C77H56N4. The first-order chi connectivity index (χ1) is 39.5. The number of fused-ring (bicyclic) bond motifs is 14. The lowest BCUT2D eigenvalue weighted by atomic mass is 9.59. The molecule has 0 spiro atoms. The van der Waals surface area contributed by atoms with Crippen LogP contribution in [-0.4, -0.2) is 8.80 Å². The van der Waals surface area contributed by atoms with E-state index >= 15 is 0 Å². The maximum atomic E-state index is 11.7. The van der Waals surface area contributed by atoms with Crippen LogP contribution in [0.25, 0.3) is 91.8 Å². The maximum absolute atomic E-state index is 11.7. The van der Waals surface area contributed by atoms with E-state index in [9.17, 15) is 5.26 Å². The summed E-state index contributed by atoms with van der Waals surface area (Å²) in [6.07, 6.45) is 6.29. The highest BCUT2D eigenvalue weighted by molar-refractivity contribution is 6.35. The van der Waals surface area contributed by atoms with E-state index in [2.05, 4.69) is 207 Å². The molecule has 4 heteroatoms. The number of hydrogen-bond donors (Lipinski definition) is 0. The Hall–Kier alpha value is -8.96. The van der Waals surface area contributed by atoms with Gasteiger partial charge in [0, 0.05) is 72.3 Å². The van der Waals surface area contributed by atoms with E-state index in [1.165, 1.54) is 175 Å². The van der Waals surface area contributed by atoms with Crippen molar-refractivity contribution in [2.45, 2.75) is 108 Å². The van der Waals surface area contributed by atoms with E-state index in [1.807, 2.05) is 0 Å². The molecule has 384 valence electrons. The highest BCUT2D eigenvalue weighted by atomic mass is 15.0. The lowest BCUT2D eigenvalue weighted by Gasteiger charge is -2.43. The van der Waals surface area contributed by atoms with Crippen LogP contribution < -0.4 is 0 Å². The molecule has 81 heavy (non-hydrogen) atoms. The molecule has 7 aliphatic rings. The van der Waals surface area contributed by atoms with Crippen molar-refractivity contribution in [1.82, 2.24) is 8.80 Å². The molecule has 1 saturated carbocycles. The van der Waals surface area contributed by atoms with Crippen molar-refractivity contribution < 1.29 is 0 Å². The molecule has 4 bridgehead atoms. The van der Waals surface area contributed by atoms with Gasteiger partial charge >= 0.3 is 0 Å². The minimum atomic E-state index is -0.133. The van der Waals surface area contributed by atoms with Gasteiger partial charge in [-0.05, 0) is 168 Å². The molecule has 7 aliphatic carbocycles. The Morgan fingerprint density at radius 1 is 0.494 bits per heavy atom. The Bertz CT molecular complexity index is 5300. The van der Waals surface area contributed by atoms with Crippen LogP contribution in [-0.2, 0) is 10.8 Å². The summed E-state index contributed by atoms with van der Waals surface area (Å²) >= 11 is 0. The molecule has 1 fully saturated rings. The van der Waals surface area contributed by atoms with Crippen molar-refractivity contribution in [2.75, 3.05) is 0 Å². The van der Waals surface area contributed by atoms with Crippen LogP contribution in [0.4, 0.5) is 5.69 Å². The van der Waals surface area contributed by atoms with Crippen molar-refractivity contribution in [3.63, 3.8) is 0 Å². The van der Waals surface area contributed by atoms with E-state index in [-0.39, 0.29) is 34.5 Å². The third kappa shape index (κ3) is 5.09. The number of rotatable bonds is 1. The van der Waals surface area contributed by atoms with Crippen LogP contribution in [0.1, 0.15) is 178 Å². The number of benzene rings is 10. The first-order valence-corrected chi connectivity index (χ1v) is 29.6. The number of aromatic nitrogens is 2. The molecule has 0 unspecified atom stereocenters. The van der Waals surface area contributed by atoms with Gasteiger partial charge in [0.15, 0.2) is 5.69 Å². The average Bonchev–Trinajstić information content (AvgIpc) is 2.89. The normalized spacial score (nSPS) is 19.3. The molecule has 4 nitrogen and oxygen atoms in total. The highest BCUT2D eigenvalue weighted by Gasteiger charge is 2.47. The maximum Gasteiger partial charge on any atom is 0.196 e. The Labute approximate surface area is 470 Å². The molecule has 21 rings (SSSR count). The number of nitrogens with zero attached hydrogens (tertiary/aromatic N) is 4. The van der Waals surface area contributed by atoms with E-state index in [0.29, 0.717) is 0 Å². The predicted molar refractivity (Wildman–Crippen MR) is 332 cm³/mol. The van der Waals surface area contributed by atoms with Crippen LogP contribution in [0.15, 0.2) is 146 Å². The summed E-state index contributed by atoms with van der Waals surface area (Å²) in [5.41, 5.74) is 29.4. The summed E-state index contributed by atoms with van der Waals surface area (Å²) in [5, 5.41) is 24.5. The molecule has 0 aliphatic heterocycles. The fraction of sp³-hybridized carbons (Fsp3) is 0.221. The van der Waals surface area contributed by atoms with Gasteiger partial charge in [0.25, 0.3) is 0 Å². The molecule has 0 saturated heterocycles. The summed E-state index contributed by atoms with van der Waals surface area (Å²) in [4.78, 5) is 4.59. The van der Waals surface area contributed by atoms with Gasteiger partial charge in [0.05, 0.1) is 45.8 Å². The van der Waals surface area contributed by atoms with Gasteiger partial charge in [-0.1, -0.05) is 162 Å². The third-order valence-corrected chi connectivity index (χ3v) is 21.7. The number of aryl methyl sites for hydroxylation is 2. The van der Waals surface area contributed by atoms with Gasteiger partial charge in [0.2, 0.25) is 0 Å². The van der Waals surface area contributed by atoms with Gasteiger partial charge < -0.3 is 8.80 Å². The van der Waals surface area contributed by atoms with Crippen LogP contribution in [0.2, 0.25) is 0 Å². The van der Waals surface area contributed by atoms with Crippen LogP contribution in [0.3, 0.4) is 0 Å². The second-order valence-corrected chi connectivity index (χ2v) is 26.5. The standard InChI is InChI=1S/C77H56N4/c1-38-57(37-78)64-60-44-19-9-11-21-46(44)61(47-22-12-10-20-45(47)60)67(64)70-65-43-28-27-41(77(6)29-17-8-18-30-77)31-40(43)32-54-52-35-53-55-33-42(76(3,4)5)34-56-66-68-62-48-23-13-15-25-50(48)63(51-26-16-14-24-49(51)62)69(68)71(79-7)39(2)73(66)80(74(55)56)58(53)36-59(52)81(72(38)70)75(54)65/h9-16,19-28,31-36,60-63H,8,17-18,29-30H2,1-6H3. The quantitative estimate of drug-likeness (QED) is 0.151. The number of hydrogen-bond acceptors (Lipinski definition) is 1. The summed E-state index contributed by atoms with van der Waals surface area (Å²) in [6.45, 7) is 23.2. The van der Waals surface area contributed by atoms with Gasteiger partial charge in [0.1, 0.15) is 0 Å². The zero-order valence-corrected chi connectivity index (χ0v) is 46.5. The molecule has 4 aromatic heterocycles. The van der Waals surface area contributed by atoms with Crippen LogP contribution in [0.5, 0.6) is 0 Å². The largest absolute Gasteiger partial charge is 0.309 e. The molecule has 10 aromatic carbocycles. The van der Waals surface area contributed by atoms with Crippen LogP contribution in [0, 0.1) is 31.8 Å². The summed E-state index contributed by atoms with van der Waals surface area (Å²) in [5.74, 6) is -0.0685. The Morgan fingerprint density at radius 2 is 0.988 bits per heavy atom. The van der Waals surface area contributed by atoms with Crippen molar-refractivity contribution in [1.29, 1.82) is 5.26 Å². The molecule has 4 heterocycles. The summed E-state index contributed by atoms with van der Waals surface area (Å²) in [7, 11) is 0. The first kappa shape index (κ1) is 44.8. The van der Waals surface area contributed by atoms with E-state index in [4.69, 9.17) is 6.57 Å². The van der Waals surface area contributed by atoms with Gasteiger partial charge in [-0.15, -0.1) is 0 Å². The molecule has 0 radical (unpaired) electrons. The lowest BCUT2D eigenvalue weighted by molar-refractivity contribution is 0.320. The van der Waals surface area contributed by atoms with Crippen LogP contribution >= 0.6 is 0 Å². The van der Waals surface area contributed by atoms with Gasteiger partial charge in [-0.3, -0.25) is 0 Å². The SMILES string of the molecule is [C-]#[N+]c1c2c(c3c4cc(C(C)(C)C)cc5c6cc7c8cc9cc(C%10(C)CCCCC%10)ccc9c9c%10c%11c(c(C#N)c(C)c%10n(c7cc6n(c3c1C)c54)c89)C1c3ccccc3C%11c3ccccc31)C1c3ccccc3C2c2ccccc21. The summed E-state index contributed by atoms with van der Waals surface area (Å²) in [6, 6.07) is 59.4. The van der Waals surface area contributed by atoms with Gasteiger partial charge in [-0.25, -0.2) is 4.85 Å². The summed E-state index contributed by atoms with van der Waals surface area (Å²) < 4.78 is 5.20. The zero-order valence-electron chi connectivity index (χ0n) is 46.5. The molecule has 0 atom stereocenters. The molecule has 0 amide bonds. The fourth-order valence-electron chi connectivity index (χ4n) is 18.3. The van der Waals surface area contributed by atoms with Crippen molar-refractivity contribution in [3.05, 3.63) is 252 Å². The van der Waals surface area contributed by atoms with Crippen molar-refractivity contribution in [3.8, 4) is 6.07 Å². The van der Waals surface area contributed by atoms with Crippen molar-refractivity contribution in [2.24, 2.45) is 0 Å². The predicted octanol–water partition coefficient (Wildman–Crippen LogP) is 19.7.